The van der Waals surface area contributed by atoms with Crippen LogP contribution < -0.4 is 15.5 Å². The molecular weight excluding hydrogens is 458 g/mol. The highest BCUT2D eigenvalue weighted by atomic mass is 16.6. The van der Waals surface area contributed by atoms with Crippen LogP contribution >= 0.6 is 0 Å². The fourth-order valence-corrected chi connectivity index (χ4v) is 2.99. The molecule has 0 aliphatic rings. The molecule has 0 fully saturated rings. The molecule has 35 heavy (non-hydrogen) atoms. The molecule has 0 bridgehead atoms. The predicted molar refractivity (Wildman–Crippen MR) is 128 cm³/mol. The van der Waals surface area contributed by atoms with Gasteiger partial charge in [-0.25, -0.2) is 5.43 Å². The number of nitro groups is 2. The first-order chi connectivity index (χ1) is 16.6. The molecule has 0 unspecified atom stereocenters. The number of nitrogens with one attached hydrogen (secondary N) is 2. The number of ether oxygens (including phenoxy) is 1. The second-order valence-electron chi connectivity index (χ2n) is 7.78. The second kappa shape index (κ2) is 12.6. The lowest BCUT2D eigenvalue weighted by Gasteiger charge is -2.19. The number of non-ortho nitro benzene ring substituents is 2. The maximum absolute atomic E-state index is 12.7. The van der Waals surface area contributed by atoms with Crippen molar-refractivity contribution in [3.63, 3.8) is 0 Å². The standard InChI is InChI=1S/C23H25N5O7/c1-4-9-35-21-8-6-5-7-16(21)14-24-26-23(30)20(10-15(2)3)25-22(29)17-11-18(27(31)32)13-19(12-17)28(33)34/h4-8,11-15,20H,1,9-10H2,2-3H3,(H,25,29)(H,26,30)/b24-14-/t20-/m1/s1. The number of para-hydroxylation sites is 1. The van der Waals surface area contributed by atoms with Crippen molar-refractivity contribution in [3.05, 3.63) is 86.5 Å². The van der Waals surface area contributed by atoms with Gasteiger partial charge < -0.3 is 10.1 Å². The first kappa shape index (κ1) is 26.6. The Balaban J connectivity index is 2.19. The molecule has 0 aliphatic carbocycles. The summed E-state index contributed by atoms with van der Waals surface area (Å²) in [7, 11) is 0. The third-order valence-electron chi connectivity index (χ3n) is 4.57. The summed E-state index contributed by atoms with van der Waals surface area (Å²) >= 11 is 0. The summed E-state index contributed by atoms with van der Waals surface area (Å²) < 4.78 is 5.52. The van der Waals surface area contributed by atoms with Gasteiger partial charge in [0.05, 0.1) is 27.7 Å². The smallest absolute Gasteiger partial charge is 0.277 e. The first-order valence-corrected chi connectivity index (χ1v) is 10.5. The molecule has 1 atom stereocenters. The van der Waals surface area contributed by atoms with Gasteiger partial charge in [-0.2, -0.15) is 5.10 Å². The van der Waals surface area contributed by atoms with E-state index in [1.807, 2.05) is 13.8 Å². The molecular formula is C23H25N5O7. The Bertz CT molecular complexity index is 1110. The minimum atomic E-state index is -1.05. The topological polar surface area (TPSA) is 166 Å². The molecule has 0 heterocycles. The molecule has 184 valence electrons. The summed E-state index contributed by atoms with van der Waals surface area (Å²) in [6.45, 7) is 7.55. The molecule has 2 rings (SSSR count). The lowest BCUT2D eigenvalue weighted by Crippen LogP contribution is -2.46. The number of hydrogen-bond donors (Lipinski definition) is 2. The Kier molecular flexibility index (Phi) is 9.58. The van der Waals surface area contributed by atoms with Crippen molar-refractivity contribution < 1.29 is 24.2 Å². The molecule has 0 radical (unpaired) electrons. The van der Waals surface area contributed by atoms with Crippen LogP contribution in [0.3, 0.4) is 0 Å². The number of rotatable bonds is 12. The zero-order valence-electron chi connectivity index (χ0n) is 19.2. The summed E-state index contributed by atoms with van der Waals surface area (Å²) in [6, 6.07) is 8.52. The van der Waals surface area contributed by atoms with Crippen molar-refractivity contribution in [2.75, 3.05) is 6.61 Å². The van der Waals surface area contributed by atoms with Gasteiger partial charge in [-0.05, 0) is 24.5 Å². The average molecular weight is 483 g/mol. The molecule has 0 spiro atoms. The van der Waals surface area contributed by atoms with E-state index < -0.39 is 39.1 Å². The second-order valence-corrected chi connectivity index (χ2v) is 7.78. The van der Waals surface area contributed by atoms with Gasteiger partial charge in [0.1, 0.15) is 18.4 Å². The van der Waals surface area contributed by atoms with E-state index in [2.05, 4.69) is 22.4 Å². The summed E-state index contributed by atoms with van der Waals surface area (Å²) in [5, 5.41) is 28.6. The van der Waals surface area contributed by atoms with Crippen LogP contribution in [0.2, 0.25) is 0 Å². The quantitative estimate of drug-likeness (QED) is 0.202. The van der Waals surface area contributed by atoms with E-state index in [0.29, 0.717) is 11.3 Å². The normalized spacial score (nSPS) is 11.6. The third kappa shape index (κ3) is 8.03. The van der Waals surface area contributed by atoms with Gasteiger partial charge >= 0.3 is 0 Å². The van der Waals surface area contributed by atoms with Crippen molar-refractivity contribution in [1.29, 1.82) is 0 Å². The highest BCUT2D eigenvalue weighted by Gasteiger charge is 2.25. The van der Waals surface area contributed by atoms with Gasteiger partial charge in [0.2, 0.25) is 0 Å². The maximum Gasteiger partial charge on any atom is 0.277 e. The largest absolute Gasteiger partial charge is 0.489 e. The highest BCUT2D eigenvalue weighted by Crippen LogP contribution is 2.23. The van der Waals surface area contributed by atoms with Gasteiger partial charge in [0, 0.05) is 17.7 Å². The van der Waals surface area contributed by atoms with E-state index >= 15 is 0 Å². The molecule has 2 amide bonds. The van der Waals surface area contributed by atoms with Crippen molar-refractivity contribution in [3.8, 4) is 5.75 Å². The molecule has 2 N–H and O–H groups in total. The molecule has 0 saturated heterocycles. The molecule has 2 aromatic carbocycles. The van der Waals surface area contributed by atoms with Crippen molar-refractivity contribution in [2.45, 2.75) is 26.3 Å². The van der Waals surface area contributed by atoms with E-state index in [0.717, 1.165) is 18.2 Å². The fourth-order valence-electron chi connectivity index (χ4n) is 2.99. The molecule has 0 aromatic heterocycles. The lowest BCUT2D eigenvalue weighted by molar-refractivity contribution is -0.394. The predicted octanol–water partition coefficient (Wildman–Crippen LogP) is 3.36. The number of nitro benzene ring substituents is 2. The van der Waals surface area contributed by atoms with Gasteiger partial charge in [-0.3, -0.25) is 29.8 Å². The first-order valence-electron chi connectivity index (χ1n) is 10.5. The van der Waals surface area contributed by atoms with E-state index in [9.17, 15) is 29.8 Å². The highest BCUT2D eigenvalue weighted by molar-refractivity contribution is 5.98. The number of amides is 2. The van der Waals surface area contributed by atoms with Crippen molar-refractivity contribution in [1.82, 2.24) is 10.7 Å². The average Bonchev–Trinajstić information content (AvgIpc) is 2.82. The number of carbonyl (C=O) groups excluding carboxylic acids is 2. The summed E-state index contributed by atoms with van der Waals surface area (Å²) in [5.41, 5.74) is 1.41. The molecule has 12 nitrogen and oxygen atoms in total. The van der Waals surface area contributed by atoms with Crippen LogP contribution in [0.4, 0.5) is 11.4 Å². The van der Waals surface area contributed by atoms with Gasteiger partial charge in [-0.1, -0.05) is 38.6 Å². The number of carbonyl (C=O) groups is 2. The third-order valence-corrected chi connectivity index (χ3v) is 4.57. The van der Waals surface area contributed by atoms with Crippen LogP contribution in [-0.4, -0.2) is 40.5 Å². The summed E-state index contributed by atoms with van der Waals surface area (Å²) in [5.74, 6) is -0.982. The Morgan fingerprint density at radius 2 is 1.74 bits per heavy atom. The van der Waals surface area contributed by atoms with Gasteiger partial charge in [0.25, 0.3) is 23.2 Å². The Hall–Kier alpha value is -4.61. The maximum atomic E-state index is 12.7. The van der Waals surface area contributed by atoms with E-state index in [1.165, 1.54) is 6.21 Å². The SMILES string of the molecule is C=CCOc1ccccc1/C=N\NC(=O)[C@@H](CC(C)C)NC(=O)c1cc([N+](=O)[O-])cc([N+](=O)[O-])c1. The van der Waals surface area contributed by atoms with Crippen LogP contribution in [0, 0.1) is 26.1 Å². The lowest BCUT2D eigenvalue weighted by atomic mass is 10.0. The number of hydrogen-bond acceptors (Lipinski definition) is 8. The van der Waals surface area contributed by atoms with Gasteiger partial charge in [0.15, 0.2) is 0 Å². The van der Waals surface area contributed by atoms with Crippen molar-refractivity contribution in [2.24, 2.45) is 11.0 Å². The summed E-state index contributed by atoms with van der Waals surface area (Å²) in [4.78, 5) is 46.0. The number of nitrogens with zero attached hydrogens (tertiary/aromatic N) is 3. The molecule has 0 aliphatic heterocycles. The van der Waals surface area contributed by atoms with E-state index in [-0.39, 0.29) is 24.5 Å². The molecule has 0 saturated carbocycles. The van der Waals surface area contributed by atoms with Crippen LogP contribution in [0.5, 0.6) is 5.75 Å². The van der Waals surface area contributed by atoms with E-state index in [1.54, 1.807) is 30.3 Å². The Labute approximate surface area is 201 Å². The Morgan fingerprint density at radius 3 is 2.31 bits per heavy atom. The van der Waals surface area contributed by atoms with Crippen LogP contribution in [-0.2, 0) is 4.79 Å². The number of benzene rings is 2. The van der Waals surface area contributed by atoms with Crippen LogP contribution in [0.15, 0.2) is 60.2 Å². The fraction of sp³-hybridized carbons (Fsp3) is 0.261. The summed E-state index contributed by atoms with van der Waals surface area (Å²) in [6.07, 6.45) is 3.20. The molecule has 2 aromatic rings. The van der Waals surface area contributed by atoms with E-state index in [4.69, 9.17) is 4.74 Å². The number of hydrazone groups is 1. The van der Waals surface area contributed by atoms with Crippen LogP contribution in [0.1, 0.15) is 36.2 Å². The monoisotopic (exact) mass is 483 g/mol. The minimum absolute atomic E-state index is 0.0116. The van der Waals surface area contributed by atoms with Crippen LogP contribution in [0.25, 0.3) is 0 Å². The molecule has 12 heteroatoms. The minimum Gasteiger partial charge on any atom is -0.489 e. The zero-order valence-corrected chi connectivity index (χ0v) is 19.2. The Morgan fingerprint density at radius 1 is 1.11 bits per heavy atom. The van der Waals surface area contributed by atoms with Gasteiger partial charge in [-0.15, -0.1) is 0 Å². The van der Waals surface area contributed by atoms with Crippen molar-refractivity contribution >= 4 is 29.4 Å². The zero-order chi connectivity index (χ0) is 26.0.